The van der Waals surface area contributed by atoms with Gasteiger partial charge in [0, 0.05) is 24.6 Å². The maximum absolute atomic E-state index is 5.92. The molecule has 94 valence electrons. The van der Waals surface area contributed by atoms with Crippen LogP contribution in [0.25, 0.3) is 0 Å². The monoisotopic (exact) mass is 364 g/mol. The highest BCUT2D eigenvalue weighted by molar-refractivity contribution is 6.30. The summed E-state index contributed by atoms with van der Waals surface area (Å²) in [6, 6.07) is 8.51. The standard InChI is InChI=1S/C13H17ClN2.HI/c1-9-10(2)15(3)16(4)13(9)11-5-7-12(14)8-6-11;/h5-8,13H,1-4H3;1H. The van der Waals surface area contributed by atoms with Gasteiger partial charge in [-0.25, -0.2) is 5.01 Å². The van der Waals surface area contributed by atoms with Gasteiger partial charge in [-0.2, -0.15) is 0 Å². The smallest absolute Gasteiger partial charge is 0.124 e. The van der Waals surface area contributed by atoms with E-state index in [0.717, 1.165) is 5.02 Å². The summed E-state index contributed by atoms with van der Waals surface area (Å²) in [4.78, 5) is 0. The fourth-order valence-electron chi connectivity index (χ4n) is 2.36. The molecule has 0 fully saturated rings. The molecule has 17 heavy (non-hydrogen) atoms. The summed E-state index contributed by atoms with van der Waals surface area (Å²) in [5.74, 6) is 0. The highest BCUT2D eigenvalue weighted by atomic mass is 127. The third kappa shape index (κ3) is 2.67. The number of likely N-dealkylation sites (N-methyl/N-ethyl adjacent to an activating group) is 1. The van der Waals surface area contributed by atoms with Crippen molar-refractivity contribution in [3.05, 3.63) is 46.1 Å². The number of rotatable bonds is 1. The quantitative estimate of drug-likeness (QED) is 0.632. The molecule has 0 saturated heterocycles. The number of allylic oxidation sites excluding steroid dienone is 1. The topological polar surface area (TPSA) is 7.68 Å². The second kappa shape index (κ2) is 5.69. The van der Waals surface area contributed by atoms with Crippen LogP contribution >= 0.6 is 11.6 Å². The highest BCUT2D eigenvalue weighted by Gasteiger charge is 2.35. The van der Waals surface area contributed by atoms with E-state index in [4.69, 9.17) is 11.6 Å². The Kier molecular flexibility index (Phi) is 5.01. The van der Waals surface area contributed by atoms with Gasteiger partial charge in [-0.05, 0) is 24.6 Å². The van der Waals surface area contributed by atoms with Crippen LogP contribution in [-0.2, 0) is 0 Å². The van der Waals surface area contributed by atoms with Crippen LogP contribution in [0.2, 0.25) is 5.02 Å². The summed E-state index contributed by atoms with van der Waals surface area (Å²) in [6.45, 7) is 4.40. The zero-order valence-electron chi connectivity index (χ0n) is 10.6. The molecule has 0 aromatic heterocycles. The summed E-state index contributed by atoms with van der Waals surface area (Å²) in [5, 5.41) is 4.48. The molecular weight excluding hydrogens is 347 g/mol. The number of nitrogens with zero attached hydrogens (tertiary/aromatic N) is 1. The number of nitrogens with one attached hydrogen (secondary N) is 1. The van der Waals surface area contributed by atoms with Crippen molar-refractivity contribution in [2.45, 2.75) is 19.9 Å². The van der Waals surface area contributed by atoms with Gasteiger partial charge in [-0.1, -0.05) is 23.7 Å². The number of halogens is 2. The molecule has 0 bridgehead atoms. The lowest BCUT2D eigenvalue weighted by Gasteiger charge is -2.23. The van der Waals surface area contributed by atoms with E-state index in [2.05, 4.69) is 45.1 Å². The summed E-state index contributed by atoms with van der Waals surface area (Å²) in [5.41, 5.74) is 4.14. The lowest BCUT2D eigenvalue weighted by atomic mass is 10.00. The van der Waals surface area contributed by atoms with Crippen molar-refractivity contribution >= 4 is 11.6 Å². The summed E-state index contributed by atoms with van der Waals surface area (Å²) >= 11 is 5.92. The summed E-state index contributed by atoms with van der Waals surface area (Å²) in [7, 11) is 4.32. The van der Waals surface area contributed by atoms with Crippen LogP contribution in [0.5, 0.6) is 0 Å². The molecule has 4 heteroatoms. The van der Waals surface area contributed by atoms with E-state index in [1.54, 1.807) is 0 Å². The molecule has 1 N–H and O–H groups in total. The lowest BCUT2D eigenvalue weighted by molar-refractivity contribution is -0.958. The molecule has 0 spiro atoms. The fraction of sp³-hybridized carbons (Fsp3) is 0.385. The molecule has 0 aliphatic carbocycles. The largest absolute Gasteiger partial charge is 1.00 e. The SMILES string of the molecule is CC1=C(C)[NH+](C)N(C)C1c1ccc(Cl)cc1.[I-]. The first-order valence-corrected chi connectivity index (χ1v) is 5.89. The van der Waals surface area contributed by atoms with Gasteiger partial charge in [0.1, 0.15) is 11.7 Å². The molecule has 1 aliphatic rings. The normalized spacial score (nSPS) is 25.0. The second-order valence-electron chi connectivity index (χ2n) is 4.46. The molecule has 2 rings (SSSR count). The Hall–Kier alpha value is -0.100. The minimum atomic E-state index is 0. The minimum absolute atomic E-state index is 0. The maximum Gasteiger partial charge on any atom is 0.124 e. The van der Waals surface area contributed by atoms with Crippen molar-refractivity contribution in [3.8, 4) is 0 Å². The van der Waals surface area contributed by atoms with Crippen LogP contribution in [0.4, 0.5) is 0 Å². The molecule has 0 saturated carbocycles. The van der Waals surface area contributed by atoms with Crippen LogP contribution in [-0.4, -0.2) is 19.1 Å². The Morgan fingerprint density at radius 3 is 2.12 bits per heavy atom. The van der Waals surface area contributed by atoms with E-state index in [-0.39, 0.29) is 24.0 Å². The average Bonchev–Trinajstić information content (AvgIpc) is 2.46. The van der Waals surface area contributed by atoms with Crippen LogP contribution in [0.1, 0.15) is 25.5 Å². The molecule has 2 atom stereocenters. The molecule has 0 amide bonds. The molecule has 1 aliphatic heterocycles. The van der Waals surface area contributed by atoms with E-state index in [0.29, 0.717) is 6.04 Å². The molecule has 1 heterocycles. The highest BCUT2D eigenvalue weighted by Crippen LogP contribution is 2.30. The minimum Gasteiger partial charge on any atom is -1.00 e. The van der Waals surface area contributed by atoms with Crippen molar-refractivity contribution in [1.29, 1.82) is 0 Å². The Balaban J connectivity index is 0.00000144. The molecule has 0 radical (unpaired) electrons. The van der Waals surface area contributed by atoms with Gasteiger partial charge in [-0.3, -0.25) is 0 Å². The van der Waals surface area contributed by atoms with E-state index >= 15 is 0 Å². The molecule has 2 unspecified atom stereocenters. The number of hydrogen-bond donors (Lipinski definition) is 1. The van der Waals surface area contributed by atoms with E-state index in [1.165, 1.54) is 21.8 Å². The molecule has 1 aromatic carbocycles. The zero-order chi connectivity index (χ0) is 11.9. The fourth-order valence-corrected chi connectivity index (χ4v) is 2.48. The average molecular weight is 365 g/mol. The van der Waals surface area contributed by atoms with Gasteiger partial charge in [0.25, 0.3) is 0 Å². The van der Waals surface area contributed by atoms with Crippen LogP contribution in [0.3, 0.4) is 0 Å². The van der Waals surface area contributed by atoms with Gasteiger partial charge >= 0.3 is 0 Å². The van der Waals surface area contributed by atoms with Crippen molar-refractivity contribution < 1.29 is 29.0 Å². The van der Waals surface area contributed by atoms with Crippen LogP contribution < -0.4 is 29.0 Å². The van der Waals surface area contributed by atoms with Gasteiger partial charge in [0.05, 0.1) is 7.05 Å². The Morgan fingerprint density at radius 2 is 1.71 bits per heavy atom. The Bertz CT molecular complexity index is 428. The molecule has 1 aromatic rings. The van der Waals surface area contributed by atoms with E-state index in [9.17, 15) is 0 Å². The molecular formula is C13H18ClIN2. The number of quaternary nitrogens is 1. The zero-order valence-corrected chi connectivity index (χ0v) is 13.5. The second-order valence-corrected chi connectivity index (χ2v) is 4.89. The Morgan fingerprint density at radius 1 is 1.18 bits per heavy atom. The first-order valence-electron chi connectivity index (χ1n) is 5.52. The third-order valence-electron chi connectivity index (χ3n) is 3.65. The van der Waals surface area contributed by atoms with Crippen LogP contribution in [0.15, 0.2) is 35.5 Å². The van der Waals surface area contributed by atoms with Gasteiger partial charge in [-0.15, -0.1) is 5.01 Å². The Labute approximate surface area is 125 Å². The van der Waals surface area contributed by atoms with Gasteiger partial charge < -0.3 is 24.0 Å². The number of benzene rings is 1. The number of hydrogen-bond acceptors (Lipinski definition) is 1. The maximum atomic E-state index is 5.92. The summed E-state index contributed by atoms with van der Waals surface area (Å²) < 4.78 is 0. The predicted molar refractivity (Wildman–Crippen MR) is 67.2 cm³/mol. The van der Waals surface area contributed by atoms with Crippen LogP contribution in [0, 0.1) is 0 Å². The van der Waals surface area contributed by atoms with Gasteiger partial charge in [0.2, 0.25) is 0 Å². The summed E-state index contributed by atoms with van der Waals surface area (Å²) in [6.07, 6.45) is 0. The van der Waals surface area contributed by atoms with Crippen molar-refractivity contribution in [2.24, 2.45) is 0 Å². The van der Waals surface area contributed by atoms with E-state index in [1.807, 2.05) is 12.1 Å². The first-order chi connectivity index (χ1) is 7.52. The predicted octanol–water partition coefficient (Wildman–Crippen LogP) is -0.946. The van der Waals surface area contributed by atoms with Gasteiger partial charge in [0.15, 0.2) is 0 Å². The molecule has 2 nitrogen and oxygen atoms in total. The van der Waals surface area contributed by atoms with E-state index < -0.39 is 0 Å². The first kappa shape index (κ1) is 15.0. The van der Waals surface area contributed by atoms with Crippen molar-refractivity contribution in [2.75, 3.05) is 14.1 Å². The van der Waals surface area contributed by atoms with Crippen molar-refractivity contribution in [3.63, 3.8) is 0 Å². The van der Waals surface area contributed by atoms with Crippen molar-refractivity contribution in [1.82, 2.24) is 5.01 Å². The lowest BCUT2D eigenvalue weighted by Crippen LogP contribution is -3.11. The third-order valence-corrected chi connectivity index (χ3v) is 3.90.